The molecule has 0 saturated carbocycles. The lowest BCUT2D eigenvalue weighted by Gasteiger charge is -2.21. The van der Waals surface area contributed by atoms with Crippen LogP contribution in [0, 0.1) is 5.82 Å². The average molecular weight is 239 g/mol. The number of amides is 1. The summed E-state index contributed by atoms with van der Waals surface area (Å²) in [6.07, 6.45) is 2.98. The van der Waals surface area contributed by atoms with Crippen LogP contribution in [0.5, 0.6) is 0 Å². The van der Waals surface area contributed by atoms with Crippen molar-refractivity contribution in [2.24, 2.45) is 5.73 Å². The lowest BCUT2D eigenvalue weighted by molar-refractivity contribution is 0.0752. The second-order valence-electron chi connectivity index (χ2n) is 3.80. The van der Waals surface area contributed by atoms with Crippen molar-refractivity contribution < 1.29 is 9.18 Å². The van der Waals surface area contributed by atoms with Gasteiger partial charge < -0.3 is 10.6 Å². The Bertz CT molecular complexity index is 353. The van der Waals surface area contributed by atoms with E-state index in [4.69, 9.17) is 5.73 Å². The fourth-order valence-corrected chi connectivity index (χ4v) is 1.48. The molecule has 1 aromatic rings. The molecule has 0 aliphatic rings. The predicted octanol–water partition coefficient (Wildman–Crippen LogP) is 1.42. The van der Waals surface area contributed by atoms with Gasteiger partial charge in [-0.25, -0.2) is 9.37 Å². The zero-order chi connectivity index (χ0) is 12.7. The molecular formula is C12H18FN3O. The van der Waals surface area contributed by atoms with Crippen molar-refractivity contribution in [3.8, 4) is 0 Å². The first-order valence-corrected chi connectivity index (χ1v) is 5.80. The summed E-state index contributed by atoms with van der Waals surface area (Å²) in [5, 5.41) is 0. The van der Waals surface area contributed by atoms with Crippen molar-refractivity contribution >= 4 is 5.91 Å². The molecular weight excluding hydrogens is 221 g/mol. The Labute approximate surface area is 101 Å². The molecule has 0 bridgehead atoms. The van der Waals surface area contributed by atoms with E-state index in [1.807, 2.05) is 0 Å². The first-order chi connectivity index (χ1) is 8.19. The van der Waals surface area contributed by atoms with Crippen molar-refractivity contribution in [3.05, 3.63) is 29.8 Å². The van der Waals surface area contributed by atoms with E-state index in [0.717, 1.165) is 19.0 Å². The summed E-state index contributed by atoms with van der Waals surface area (Å²) in [5.74, 6) is -0.635. The van der Waals surface area contributed by atoms with E-state index in [1.165, 1.54) is 12.1 Å². The monoisotopic (exact) mass is 239 g/mol. The molecule has 2 N–H and O–H groups in total. The smallest absolute Gasteiger partial charge is 0.272 e. The number of hydrogen-bond acceptors (Lipinski definition) is 3. The highest BCUT2D eigenvalue weighted by Gasteiger charge is 2.15. The molecule has 17 heavy (non-hydrogen) atoms. The Balaban J connectivity index is 2.72. The second-order valence-corrected chi connectivity index (χ2v) is 3.80. The summed E-state index contributed by atoms with van der Waals surface area (Å²) in [7, 11) is 0. The molecule has 94 valence electrons. The highest BCUT2D eigenvalue weighted by molar-refractivity contribution is 5.92. The Morgan fingerprint density at radius 1 is 1.47 bits per heavy atom. The van der Waals surface area contributed by atoms with Crippen LogP contribution in [0.2, 0.25) is 0 Å². The normalized spacial score (nSPS) is 10.3. The van der Waals surface area contributed by atoms with E-state index in [1.54, 1.807) is 4.90 Å². The first kappa shape index (κ1) is 13.6. The van der Waals surface area contributed by atoms with Gasteiger partial charge in [-0.05, 0) is 18.6 Å². The van der Waals surface area contributed by atoms with Gasteiger partial charge in [0, 0.05) is 19.6 Å². The maximum absolute atomic E-state index is 12.7. The molecule has 0 fully saturated rings. The van der Waals surface area contributed by atoms with Crippen molar-refractivity contribution in [3.63, 3.8) is 0 Å². The minimum atomic E-state index is -0.444. The van der Waals surface area contributed by atoms with Gasteiger partial charge in [-0.2, -0.15) is 0 Å². The number of unbranched alkanes of at least 4 members (excludes halogenated alkanes) is 1. The molecule has 1 aromatic heterocycles. The largest absolute Gasteiger partial charge is 0.336 e. The van der Waals surface area contributed by atoms with Gasteiger partial charge in [-0.15, -0.1) is 0 Å². The topological polar surface area (TPSA) is 59.2 Å². The van der Waals surface area contributed by atoms with Gasteiger partial charge >= 0.3 is 0 Å². The van der Waals surface area contributed by atoms with Crippen LogP contribution < -0.4 is 5.73 Å². The van der Waals surface area contributed by atoms with Crippen molar-refractivity contribution in [2.75, 3.05) is 19.6 Å². The van der Waals surface area contributed by atoms with E-state index < -0.39 is 5.82 Å². The number of nitrogens with two attached hydrogens (primary N) is 1. The second kappa shape index (κ2) is 6.96. The molecule has 0 aromatic carbocycles. The number of rotatable bonds is 6. The van der Waals surface area contributed by atoms with Crippen LogP contribution in [0.4, 0.5) is 4.39 Å². The molecule has 0 radical (unpaired) electrons. The van der Waals surface area contributed by atoms with Crippen LogP contribution in [-0.2, 0) is 0 Å². The fraction of sp³-hybridized carbons (Fsp3) is 0.500. The maximum atomic E-state index is 12.7. The van der Waals surface area contributed by atoms with Crippen molar-refractivity contribution in [2.45, 2.75) is 19.8 Å². The summed E-state index contributed by atoms with van der Waals surface area (Å²) >= 11 is 0. The van der Waals surface area contributed by atoms with E-state index >= 15 is 0 Å². The Kier molecular flexibility index (Phi) is 5.56. The SMILES string of the molecule is CCCCN(CCN)C(=O)c1ccc(F)cn1. The molecule has 4 nitrogen and oxygen atoms in total. The predicted molar refractivity (Wildman–Crippen MR) is 64.1 cm³/mol. The van der Waals surface area contributed by atoms with Crippen LogP contribution in [0.3, 0.4) is 0 Å². The molecule has 0 aliphatic carbocycles. The number of nitrogens with zero attached hydrogens (tertiary/aromatic N) is 2. The molecule has 0 unspecified atom stereocenters. The van der Waals surface area contributed by atoms with E-state index in [0.29, 0.717) is 19.6 Å². The third kappa shape index (κ3) is 4.11. The molecule has 0 saturated heterocycles. The van der Waals surface area contributed by atoms with Gasteiger partial charge in [0.1, 0.15) is 11.5 Å². The minimum absolute atomic E-state index is 0.191. The number of carbonyl (C=O) groups excluding carboxylic acids is 1. The summed E-state index contributed by atoms with van der Waals surface area (Å²) < 4.78 is 12.7. The summed E-state index contributed by atoms with van der Waals surface area (Å²) in [5.41, 5.74) is 5.73. The molecule has 1 heterocycles. The van der Waals surface area contributed by atoms with Crippen LogP contribution >= 0.6 is 0 Å². The van der Waals surface area contributed by atoms with Gasteiger partial charge in [-0.3, -0.25) is 4.79 Å². The third-order valence-corrected chi connectivity index (χ3v) is 2.41. The molecule has 5 heteroatoms. The Morgan fingerprint density at radius 2 is 2.24 bits per heavy atom. The van der Waals surface area contributed by atoms with Gasteiger partial charge in [0.2, 0.25) is 0 Å². The standard InChI is InChI=1S/C12H18FN3O/c1-2-3-7-16(8-6-14)12(17)11-5-4-10(13)9-15-11/h4-5,9H,2-3,6-8,14H2,1H3. The highest BCUT2D eigenvalue weighted by atomic mass is 19.1. The number of hydrogen-bond donors (Lipinski definition) is 1. The molecule has 1 amide bonds. The fourth-order valence-electron chi connectivity index (χ4n) is 1.48. The third-order valence-electron chi connectivity index (χ3n) is 2.41. The summed E-state index contributed by atoms with van der Waals surface area (Å²) in [6, 6.07) is 2.63. The van der Waals surface area contributed by atoms with Crippen LogP contribution in [0.15, 0.2) is 18.3 Å². The van der Waals surface area contributed by atoms with Gasteiger partial charge in [0.05, 0.1) is 6.20 Å². The zero-order valence-corrected chi connectivity index (χ0v) is 10.0. The summed E-state index contributed by atoms with van der Waals surface area (Å²) in [4.78, 5) is 17.5. The minimum Gasteiger partial charge on any atom is -0.336 e. The maximum Gasteiger partial charge on any atom is 0.272 e. The molecule has 0 spiro atoms. The van der Waals surface area contributed by atoms with E-state index in [9.17, 15) is 9.18 Å². The number of pyridine rings is 1. The molecule has 0 aliphatic heterocycles. The Hall–Kier alpha value is -1.49. The molecule has 0 atom stereocenters. The number of halogens is 1. The van der Waals surface area contributed by atoms with Crippen LogP contribution in [-0.4, -0.2) is 35.4 Å². The lowest BCUT2D eigenvalue weighted by atomic mass is 10.2. The van der Waals surface area contributed by atoms with Crippen molar-refractivity contribution in [1.29, 1.82) is 0 Å². The number of aromatic nitrogens is 1. The highest BCUT2D eigenvalue weighted by Crippen LogP contribution is 2.04. The zero-order valence-electron chi connectivity index (χ0n) is 10.0. The van der Waals surface area contributed by atoms with E-state index in [2.05, 4.69) is 11.9 Å². The van der Waals surface area contributed by atoms with Gasteiger partial charge in [0.15, 0.2) is 0 Å². The van der Waals surface area contributed by atoms with Crippen LogP contribution in [0.25, 0.3) is 0 Å². The first-order valence-electron chi connectivity index (χ1n) is 5.80. The van der Waals surface area contributed by atoms with Gasteiger partial charge in [-0.1, -0.05) is 13.3 Å². The average Bonchev–Trinajstić information content (AvgIpc) is 2.34. The Morgan fingerprint density at radius 3 is 2.76 bits per heavy atom. The summed E-state index contributed by atoms with van der Waals surface area (Å²) in [6.45, 7) is 3.63. The lowest BCUT2D eigenvalue weighted by Crippen LogP contribution is -2.36. The van der Waals surface area contributed by atoms with Gasteiger partial charge in [0.25, 0.3) is 5.91 Å². The van der Waals surface area contributed by atoms with Crippen molar-refractivity contribution in [1.82, 2.24) is 9.88 Å². The number of carbonyl (C=O) groups is 1. The molecule has 1 rings (SSSR count). The van der Waals surface area contributed by atoms with E-state index in [-0.39, 0.29) is 11.6 Å². The van der Waals surface area contributed by atoms with Crippen LogP contribution in [0.1, 0.15) is 30.3 Å². The quantitative estimate of drug-likeness (QED) is 0.816.